The molecule has 1 heterocycles. The van der Waals surface area contributed by atoms with E-state index in [4.69, 9.17) is 0 Å². The molecule has 4 nitrogen and oxygen atoms in total. The first kappa shape index (κ1) is 14.1. The summed E-state index contributed by atoms with van der Waals surface area (Å²) in [5.41, 5.74) is 0.722. The number of hydrogen-bond acceptors (Lipinski definition) is 2. The van der Waals surface area contributed by atoms with E-state index in [1.165, 1.54) is 12.8 Å². The molecular formula is C17H22N2O2. The van der Waals surface area contributed by atoms with Crippen LogP contribution in [0.4, 0.5) is 0 Å². The molecule has 1 atom stereocenters. The van der Waals surface area contributed by atoms with Crippen molar-refractivity contribution in [2.24, 2.45) is 5.92 Å². The lowest BCUT2D eigenvalue weighted by Gasteiger charge is -2.18. The number of carbonyl (C=O) groups is 2. The molecule has 1 saturated heterocycles. The largest absolute Gasteiger partial charge is 0.351 e. The Morgan fingerprint density at radius 2 is 1.76 bits per heavy atom. The Morgan fingerprint density at radius 1 is 1.05 bits per heavy atom. The molecule has 3 rings (SSSR count). The molecule has 2 aliphatic rings. The van der Waals surface area contributed by atoms with E-state index in [1.54, 1.807) is 0 Å². The molecule has 1 aliphatic heterocycles. The van der Waals surface area contributed by atoms with Crippen molar-refractivity contribution in [3.05, 3.63) is 35.9 Å². The summed E-state index contributed by atoms with van der Waals surface area (Å²) < 4.78 is 0. The molecule has 1 saturated carbocycles. The highest BCUT2D eigenvalue weighted by molar-refractivity contribution is 5.94. The first-order valence-electron chi connectivity index (χ1n) is 7.89. The van der Waals surface area contributed by atoms with Gasteiger partial charge in [0.1, 0.15) is 0 Å². The second-order valence-electron chi connectivity index (χ2n) is 6.09. The maximum absolute atomic E-state index is 12.3. The number of nitrogens with zero attached hydrogens (tertiary/aromatic N) is 1. The molecule has 2 amide bonds. The van der Waals surface area contributed by atoms with E-state index in [-0.39, 0.29) is 23.8 Å². The molecule has 4 heteroatoms. The first-order valence-corrected chi connectivity index (χ1v) is 7.89. The quantitative estimate of drug-likeness (QED) is 0.926. The van der Waals surface area contributed by atoms with Crippen molar-refractivity contribution in [1.29, 1.82) is 0 Å². The predicted molar refractivity (Wildman–Crippen MR) is 80.9 cm³/mol. The van der Waals surface area contributed by atoms with Gasteiger partial charge in [0.2, 0.25) is 5.91 Å². The van der Waals surface area contributed by atoms with E-state index in [0.717, 1.165) is 31.4 Å². The molecule has 1 aromatic carbocycles. The zero-order chi connectivity index (χ0) is 14.7. The Morgan fingerprint density at radius 3 is 2.48 bits per heavy atom. The summed E-state index contributed by atoms with van der Waals surface area (Å²) in [4.78, 5) is 26.3. The van der Waals surface area contributed by atoms with Gasteiger partial charge >= 0.3 is 0 Å². The van der Waals surface area contributed by atoms with Crippen molar-refractivity contribution in [1.82, 2.24) is 10.2 Å². The van der Waals surface area contributed by atoms with Crippen LogP contribution in [0.5, 0.6) is 0 Å². The van der Waals surface area contributed by atoms with Gasteiger partial charge in [0.05, 0.1) is 0 Å². The highest BCUT2D eigenvalue weighted by atomic mass is 16.2. The number of rotatable bonds is 3. The lowest BCUT2D eigenvalue weighted by Crippen LogP contribution is -2.40. The number of benzene rings is 1. The number of amides is 2. The number of hydrogen-bond donors (Lipinski definition) is 1. The molecule has 0 radical (unpaired) electrons. The van der Waals surface area contributed by atoms with Gasteiger partial charge in [-0.25, -0.2) is 0 Å². The SMILES string of the molecule is O=C(NC1CCN(C(=O)c2ccccc2)C1)C1CCCC1. The molecule has 2 fully saturated rings. The molecule has 0 aromatic heterocycles. The van der Waals surface area contributed by atoms with E-state index < -0.39 is 0 Å². The van der Waals surface area contributed by atoms with E-state index in [2.05, 4.69) is 5.32 Å². The third-order valence-corrected chi connectivity index (χ3v) is 4.57. The minimum Gasteiger partial charge on any atom is -0.351 e. The summed E-state index contributed by atoms with van der Waals surface area (Å²) >= 11 is 0. The van der Waals surface area contributed by atoms with Crippen LogP contribution in [-0.2, 0) is 4.79 Å². The first-order chi connectivity index (χ1) is 10.2. The van der Waals surface area contributed by atoms with Gasteiger partial charge in [-0.1, -0.05) is 31.0 Å². The monoisotopic (exact) mass is 286 g/mol. The van der Waals surface area contributed by atoms with Crippen LogP contribution < -0.4 is 5.32 Å². The molecule has 0 spiro atoms. The van der Waals surface area contributed by atoms with Gasteiger partial charge in [-0.2, -0.15) is 0 Å². The Bertz CT molecular complexity index is 509. The average Bonchev–Trinajstić information content (AvgIpc) is 3.19. The van der Waals surface area contributed by atoms with Crippen molar-refractivity contribution < 1.29 is 9.59 Å². The Balaban J connectivity index is 1.53. The second kappa shape index (κ2) is 6.29. The van der Waals surface area contributed by atoms with Crippen LogP contribution >= 0.6 is 0 Å². The van der Waals surface area contributed by atoms with Crippen molar-refractivity contribution >= 4 is 11.8 Å². The van der Waals surface area contributed by atoms with Crippen LogP contribution in [0.2, 0.25) is 0 Å². The van der Waals surface area contributed by atoms with Crippen LogP contribution in [0.3, 0.4) is 0 Å². The van der Waals surface area contributed by atoms with Gasteiger partial charge < -0.3 is 10.2 Å². The van der Waals surface area contributed by atoms with E-state index in [9.17, 15) is 9.59 Å². The van der Waals surface area contributed by atoms with Gasteiger partial charge in [0, 0.05) is 30.6 Å². The lowest BCUT2D eigenvalue weighted by atomic mass is 10.1. The Hall–Kier alpha value is -1.84. The smallest absolute Gasteiger partial charge is 0.253 e. The van der Waals surface area contributed by atoms with Crippen LogP contribution in [0.25, 0.3) is 0 Å². The fourth-order valence-electron chi connectivity index (χ4n) is 3.33. The highest BCUT2D eigenvalue weighted by Crippen LogP contribution is 2.25. The molecular weight excluding hydrogens is 264 g/mol. The molecule has 1 N–H and O–H groups in total. The number of likely N-dealkylation sites (tertiary alicyclic amines) is 1. The summed E-state index contributed by atoms with van der Waals surface area (Å²) in [6, 6.07) is 9.46. The molecule has 1 aliphatic carbocycles. The van der Waals surface area contributed by atoms with Gasteiger partial charge in [-0.05, 0) is 31.4 Å². The minimum absolute atomic E-state index is 0.0632. The minimum atomic E-state index is 0.0632. The van der Waals surface area contributed by atoms with Crippen molar-refractivity contribution in [2.45, 2.75) is 38.1 Å². The maximum Gasteiger partial charge on any atom is 0.253 e. The average molecular weight is 286 g/mol. The molecule has 1 aromatic rings. The summed E-state index contributed by atoms with van der Waals surface area (Å²) in [6.07, 6.45) is 5.23. The van der Waals surface area contributed by atoms with Gasteiger partial charge in [0.25, 0.3) is 5.91 Å². The van der Waals surface area contributed by atoms with Gasteiger partial charge in [0.15, 0.2) is 0 Å². The fourth-order valence-corrected chi connectivity index (χ4v) is 3.33. The van der Waals surface area contributed by atoms with E-state index in [0.29, 0.717) is 6.54 Å². The summed E-state index contributed by atoms with van der Waals surface area (Å²) in [5, 5.41) is 3.12. The van der Waals surface area contributed by atoms with E-state index in [1.807, 2.05) is 35.2 Å². The summed E-state index contributed by atoms with van der Waals surface area (Å²) in [5.74, 6) is 0.448. The zero-order valence-electron chi connectivity index (χ0n) is 12.3. The van der Waals surface area contributed by atoms with Crippen LogP contribution in [0.15, 0.2) is 30.3 Å². The van der Waals surface area contributed by atoms with Crippen LogP contribution in [0.1, 0.15) is 42.5 Å². The van der Waals surface area contributed by atoms with Crippen molar-refractivity contribution in [2.75, 3.05) is 13.1 Å². The van der Waals surface area contributed by atoms with Gasteiger partial charge in [-0.15, -0.1) is 0 Å². The topological polar surface area (TPSA) is 49.4 Å². The molecule has 112 valence electrons. The van der Waals surface area contributed by atoms with Gasteiger partial charge in [-0.3, -0.25) is 9.59 Å². The Kier molecular flexibility index (Phi) is 4.23. The highest BCUT2D eigenvalue weighted by Gasteiger charge is 2.30. The summed E-state index contributed by atoms with van der Waals surface area (Å²) in [7, 11) is 0. The number of carbonyl (C=O) groups excluding carboxylic acids is 2. The maximum atomic E-state index is 12.3. The summed E-state index contributed by atoms with van der Waals surface area (Å²) in [6.45, 7) is 1.36. The normalized spacial score (nSPS) is 22.5. The second-order valence-corrected chi connectivity index (χ2v) is 6.09. The van der Waals surface area contributed by atoms with Crippen molar-refractivity contribution in [3.63, 3.8) is 0 Å². The van der Waals surface area contributed by atoms with Crippen LogP contribution in [-0.4, -0.2) is 35.8 Å². The van der Waals surface area contributed by atoms with E-state index >= 15 is 0 Å². The molecule has 21 heavy (non-hydrogen) atoms. The zero-order valence-corrected chi connectivity index (χ0v) is 12.3. The third kappa shape index (κ3) is 3.26. The molecule has 1 unspecified atom stereocenters. The van der Waals surface area contributed by atoms with Crippen LogP contribution in [0, 0.1) is 5.92 Å². The molecule has 0 bridgehead atoms. The fraction of sp³-hybridized carbons (Fsp3) is 0.529. The standard InChI is InChI=1S/C17H22N2O2/c20-16(13-6-4-5-7-13)18-15-10-11-19(12-15)17(21)14-8-2-1-3-9-14/h1-3,8-9,13,15H,4-7,10-12H2,(H,18,20). The third-order valence-electron chi connectivity index (χ3n) is 4.57. The number of nitrogens with one attached hydrogen (secondary N) is 1. The lowest BCUT2D eigenvalue weighted by molar-refractivity contribution is -0.125. The predicted octanol–water partition coefficient (Wildman–Crippen LogP) is 2.21. The Labute approximate surface area is 125 Å². The van der Waals surface area contributed by atoms with Crippen molar-refractivity contribution in [3.8, 4) is 0 Å².